The van der Waals surface area contributed by atoms with Crippen LogP contribution in [0.25, 0.3) is 0 Å². The number of carbonyl (C=O) groups excluding carboxylic acids is 1. The van der Waals surface area contributed by atoms with Crippen LogP contribution in [-0.2, 0) is 24.3 Å². The summed E-state index contributed by atoms with van der Waals surface area (Å²) >= 11 is 0. The molecule has 1 atom stereocenters. The van der Waals surface area contributed by atoms with E-state index in [2.05, 4.69) is 21.4 Å². The number of fused-ring (bicyclic) bond motifs is 1. The van der Waals surface area contributed by atoms with Crippen molar-refractivity contribution in [2.75, 3.05) is 26.7 Å². The first-order valence-corrected chi connectivity index (χ1v) is 11.0. The summed E-state index contributed by atoms with van der Waals surface area (Å²) in [6.45, 7) is 3.14. The topological polar surface area (TPSA) is 81.4 Å². The zero-order chi connectivity index (χ0) is 20.9. The van der Waals surface area contributed by atoms with Crippen LogP contribution in [0.3, 0.4) is 0 Å². The van der Waals surface area contributed by atoms with E-state index in [0.717, 1.165) is 68.8 Å². The van der Waals surface area contributed by atoms with Crippen molar-refractivity contribution in [3.05, 3.63) is 46.1 Å². The van der Waals surface area contributed by atoms with Crippen LogP contribution >= 0.6 is 0 Å². The predicted molar refractivity (Wildman–Crippen MR) is 114 cm³/mol. The van der Waals surface area contributed by atoms with Crippen molar-refractivity contribution in [3.8, 4) is 5.75 Å². The lowest BCUT2D eigenvalue weighted by Gasteiger charge is -2.29. The maximum atomic E-state index is 12.7. The lowest BCUT2D eigenvalue weighted by molar-refractivity contribution is -0.122. The Bertz CT molecular complexity index is 929. The molecule has 162 valence electrons. The molecule has 2 aliphatic rings. The van der Waals surface area contributed by atoms with Gasteiger partial charge in [-0.15, -0.1) is 0 Å². The van der Waals surface area contributed by atoms with Crippen LogP contribution in [0.1, 0.15) is 49.5 Å². The molecule has 0 spiro atoms. The van der Waals surface area contributed by atoms with Gasteiger partial charge < -0.3 is 10.1 Å². The number of carbonyl (C=O) groups is 1. The highest BCUT2D eigenvalue weighted by atomic mass is 16.5. The van der Waals surface area contributed by atoms with E-state index >= 15 is 0 Å². The summed E-state index contributed by atoms with van der Waals surface area (Å²) in [6, 6.07) is 8.02. The van der Waals surface area contributed by atoms with Crippen LogP contribution < -0.4 is 15.7 Å². The molecule has 2 aromatic rings. The average Bonchev–Trinajstić information content (AvgIpc) is 3.31. The van der Waals surface area contributed by atoms with Crippen LogP contribution in [-0.4, -0.2) is 51.9 Å². The standard InChI is InChI=1S/C22H31N5O3/c1-30-19-10-5-4-9-17(19)18(25-12-7-8-13-25)15-23-21(28)16-27-22(29)26-14-6-2-3-11-20(26)24-27/h4-5,9-10,18H,2-3,6-8,11-16H2,1H3,(H,23,28)/t18-/m1/s1. The molecule has 3 heterocycles. The SMILES string of the molecule is COc1ccccc1[C@@H](CNC(=O)Cn1nc2n(c1=O)CCCCC2)N1CCCC1. The summed E-state index contributed by atoms with van der Waals surface area (Å²) < 4.78 is 8.60. The summed E-state index contributed by atoms with van der Waals surface area (Å²) in [5, 5.41) is 7.45. The number of hydrogen-bond donors (Lipinski definition) is 1. The van der Waals surface area contributed by atoms with Crippen molar-refractivity contribution >= 4 is 5.91 Å². The average molecular weight is 414 g/mol. The Morgan fingerprint density at radius 1 is 1.13 bits per heavy atom. The molecular weight excluding hydrogens is 382 g/mol. The van der Waals surface area contributed by atoms with Crippen LogP contribution in [0.4, 0.5) is 0 Å². The first-order valence-electron chi connectivity index (χ1n) is 11.0. The highest BCUT2D eigenvalue weighted by Crippen LogP contribution is 2.31. The van der Waals surface area contributed by atoms with Gasteiger partial charge in [-0.2, -0.15) is 5.10 Å². The number of hydrogen-bond acceptors (Lipinski definition) is 5. The van der Waals surface area contributed by atoms with Gasteiger partial charge in [-0.25, -0.2) is 9.48 Å². The number of amides is 1. The molecule has 1 amide bonds. The Morgan fingerprint density at radius 2 is 1.90 bits per heavy atom. The van der Waals surface area contributed by atoms with E-state index in [0.29, 0.717) is 13.1 Å². The molecule has 0 saturated carbocycles. The minimum atomic E-state index is -0.190. The van der Waals surface area contributed by atoms with E-state index in [1.807, 2.05) is 18.2 Å². The molecule has 0 radical (unpaired) electrons. The molecule has 1 aromatic heterocycles. The van der Waals surface area contributed by atoms with Gasteiger partial charge in [0.25, 0.3) is 0 Å². The number of nitrogens with zero attached hydrogens (tertiary/aromatic N) is 4. The molecule has 8 heteroatoms. The molecule has 0 aliphatic carbocycles. The zero-order valence-corrected chi connectivity index (χ0v) is 17.7. The van der Waals surface area contributed by atoms with Gasteiger partial charge in [0.15, 0.2) is 0 Å². The van der Waals surface area contributed by atoms with E-state index < -0.39 is 0 Å². The second-order valence-corrected chi connectivity index (χ2v) is 8.12. The molecule has 0 unspecified atom stereocenters. The van der Waals surface area contributed by atoms with Crippen molar-refractivity contribution in [2.45, 2.75) is 57.7 Å². The number of likely N-dealkylation sites (tertiary alicyclic amines) is 1. The van der Waals surface area contributed by atoms with Gasteiger partial charge >= 0.3 is 5.69 Å². The van der Waals surface area contributed by atoms with E-state index in [4.69, 9.17) is 4.74 Å². The molecular formula is C22H31N5O3. The Balaban J connectivity index is 1.45. The van der Waals surface area contributed by atoms with E-state index in [-0.39, 0.29) is 24.2 Å². The Kier molecular flexibility index (Phi) is 6.52. The lowest BCUT2D eigenvalue weighted by atomic mass is 10.0. The number of nitrogens with one attached hydrogen (secondary N) is 1. The number of para-hydroxylation sites is 1. The van der Waals surface area contributed by atoms with Gasteiger partial charge in [0.2, 0.25) is 5.91 Å². The molecule has 30 heavy (non-hydrogen) atoms. The summed E-state index contributed by atoms with van der Waals surface area (Å²) in [5.41, 5.74) is 0.899. The molecule has 8 nitrogen and oxygen atoms in total. The fourth-order valence-corrected chi connectivity index (χ4v) is 4.56. The lowest BCUT2D eigenvalue weighted by Crippen LogP contribution is -2.39. The Morgan fingerprint density at radius 3 is 2.70 bits per heavy atom. The van der Waals surface area contributed by atoms with Crippen LogP contribution in [0.5, 0.6) is 5.75 Å². The van der Waals surface area contributed by atoms with E-state index in [1.165, 1.54) is 4.68 Å². The number of rotatable bonds is 7. The van der Waals surface area contributed by atoms with E-state index in [1.54, 1.807) is 11.7 Å². The van der Waals surface area contributed by atoms with Gasteiger partial charge in [-0.1, -0.05) is 24.6 Å². The van der Waals surface area contributed by atoms with Gasteiger partial charge in [-0.3, -0.25) is 14.3 Å². The Labute approximate surface area is 176 Å². The molecule has 1 N–H and O–H groups in total. The predicted octanol–water partition coefficient (Wildman–Crippen LogP) is 1.73. The second-order valence-electron chi connectivity index (χ2n) is 8.12. The summed E-state index contributed by atoms with van der Waals surface area (Å²) in [5.74, 6) is 1.44. The fraction of sp³-hybridized carbons (Fsp3) is 0.591. The number of methoxy groups -OCH3 is 1. The van der Waals surface area contributed by atoms with Crippen molar-refractivity contribution in [3.63, 3.8) is 0 Å². The van der Waals surface area contributed by atoms with E-state index in [9.17, 15) is 9.59 Å². The molecule has 0 bridgehead atoms. The number of ether oxygens (including phenoxy) is 1. The Hall–Kier alpha value is -2.61. The van der Waals surface area contributed by atoms with Gasteiger partial charge in [0.05, 0.1) is 13.2 Å². The van der Waals surface area contributed by atoms with Gasteiger partial charge in [0.1, 0.15) is 18.1 Å². The molecule has 1 aromatic carbocycles. The summed E-state index contributed by atoms with van der Waals surface area (Å²) in [4.78, 5) is 27.7. The normalized spacial score (nSPS) is 17.9. The minimum absolute atomic E-state index is 0.0442. The maximum absolute atomic E-state index is 12.7. The van der Waals surface area contributed by atoms with Crippen molar-refractivity contribution in [1.82, 2.24) is 24.6 Å². The third-order valence-corrected chi connectivity index (χ3v) is 6.15. The highest BCUT2D eigenvalue weighted by Gasteiger charge is 2.26. The number of aryl methyl sites for hydroxylation is 1. The maximum Gasteiger partial charge on any atom is 0.346 e. The number of aromatic nitrogens is 3. The third-order valence-electron chi connectivity index (χ3n) is 6.15. The summed E-state index contributed by atoms with van der Waals surface area (Å²) in [7, 11) is 1.67. The molecule has 4 rings (SSSR count). The minimum Gasteiger partial charge on any atom is -0.496 e. The second kappa shape index (κ2) is 9.47. The van der Waals surface area contributed by atoms with Gasteiger partial charge in [0, 0.05) is 25.1 Å². The largest absolute Gasteiger partial charge is 0.496 e. The molecule has 1 saturated heterocycles. The van der Waals surface area contributed by atoms with Crippen LogP contribution in [0, 0.1) is 0 Å². The van der Waals surface area contributed by atoms with Crippen molar-refractivity contribution < 1.29 is 9.53 Å². The van der Waals surface area contributed by atoms with Gasteiger partial charge in [-0.05, 0) is 44.8 Å². The molecule has 2 aliphatic heterocycles. The highest BCUT2D eigenvalue weighted by molar-refractivity contribution is 5.75. The number of benzene rings is 1. The summed E-state index contributed by atoms with van der Waals surface area (Å²) in [6.07, 6.45) is 6.27. The quantitative estimate of drug-likeness (QED) is 0.748. The first-order chi connectivity index (χ1) is 14.7. The smallest absolute Gasteiger partial charge is 0.346 e. The van der Waals surface area contributed by atoms with Crippen molar-refractivity contribution in [2.24, 2.45) is 0 Å². The monoisotopic (exact) mass is 413 g/mol. The van der Waals surface area contributed by atoms with Crippen LogP contribution in [0.2, 0.25) is 0 Å². The fourth-order valence-electron chi connectivity index (χ4n) is 4.56. The zero-order valence-electron chi connectivity index (χ0n) is 17.7. The first kappa shape index (κ1) is 20.7. The van der Waals surface area contributed by atoms with Crippen LogP contribution in [0.15, 0.2) is 29.1 Å². The molecule has 1 fully saturated rings. The third kappa shape index (κ3) is 4.43. The van der Waals surface area contributed by atoms with Crippen molar-refractivity contribution in [1.29, 1.82) is 0 Å².